The summed E-state index contributed by atoms with van der Waals surface area (Å²) in [6.07, 6.45) is 3.55. The minimum Gasteiger partial charge on any atom is -0.489 e. The summed E-state index contributed by atoms with van der Waals surface area (Å²) >= 11 is 0. The van der Waals surface area contributed by atoms with Gasteiger partial charge in [0.2, 0.25) is 0 Å². The predicted molar refractivity (Wildman–Crippen MR) is 115 cm³/mol. The van der Waals surface area contributed by atoms with E-state index in [9.17, 15) is 0 Å². The fourth-order valence-corrected chi connectivity index (χ4v) is 3.53. The molecule has 2 aromatic carbocycles. The van der Waals surface area contributed by atoms with Crippen LogP contribution in [-0.4, -0.2) is 13.2 Å². The SMILES string of the molecule is C=CCOc1c(C)cc(C(C)(C)c2cc(C)c(OCC=C)c(C)c2)cc1C. The smallest absolute Gasteiger partial charge is 0.125 e. The van der Waals surface area contributed by atoms with E-state index in [1.54, 1.807) is 12.2 Å². The van der Waals surface area contributed by atoms with Crippen molar-refractivity contribution in [1.29, 1.82) is 0 Å². The molecule has 0 aliphatic rings. The van der Waals surface area contributed by atoms with Crippen LogP contribution in [0.3, 0.4) is 0 Å². The Morgan fingerprint density at radius 1 is 0.704 bits per heavy atom. The zero-order valence-electron chi connectivity index (χ0n) is 17.6. The molecular weight excluding hydrogens is 332 g/mol. The normalized spacial score (nSPS) is 11.2. The van der Waals surface area contributed by atoms with Gasteiger partial charge in [-0.25, -0.2) is 0 Å². The summed E-state index contributed by atoms with van der Waals surface area (Å²) in [5.41, 5.74) is 7.04. The van der Waals surface area contributed by atoms with Crippen molar-refractivity contribution in [3.63, 3.8) is 0 Å². The van der Waals surface area contributed by atoms with Crippen molar-refractivity contribution in [2.45, 2.75) is 47.0 Å². The monoisotopic (exact) mass is 364 g/mol. The van der Waals surface area contributed by atoms with E-state index in [-0.39, 0.29) is 5.41 Å². The summed E-state index contributed by atoms with van der Waals surface area (Å²) in [6.45, 7) is 21.5. The molecule has 0 amide bonds. The summed E-state index contributed by atoms with van der Waals surface area (Å²) in [6, 6.07) is 8.94. The van der Waals surface area contributed by atoms with Gasteiger partial charge >= 0.3 is 0 Å². The van der Waals surface area contributed by atoms with Crippen molar-refractivity contribution >= 4 is 0 Å². The van der Waals surface area contributed by atoms with Gasteiger partial charge in [0.25, 0.3) is 0 Å². The predicted octanol–water partition coefficient (Wildman–Crippen LogP) is 6.38. The molecule has 0 unspecified atom stereocenters. The Morgan fingerprint density at radius 3 is 1.26 bits per heavy atom. The van der Waals surface area contributed by atoms with Gasteiger partial charge in [-0.05, 0) is 61.1 Å². The first kappa shape index (κ1) is 20.8. The highest BCUT2D eigenvalue weighted by Gasteiger charge is 2.26. The zero-order chi connectivity index (χ0) is 20.2. The number of rotatable bonds is 8. The Hall–Kier alpha value is -2.48. The molecule has 144 valence electrons. The van der Waals surface area contributed by atoms with Crippen LogP contribution < -0.4 is 9.47 Å². The van der Waals surface area contributed by atoms with Gasteiger partial charge in [0, 0.05) is 5.41 Å². The number of hydrogen-bond acceptors (Lipinski definition) is 2. The third-order valence-electron chi connectivity index (χ3n) is 5.06. The second-order valence-electron chi connectivity index (χ2n) is 7.70. The van der Waals surface area contributed by atoms with E-state index in [0.717, 1.165) is 33.8 Å². The Morgan fingerprint density at radius 2 is 1.00 bits per heavy atom. The van der Waals surface area contributed by atoms with Crippen LogP contribution in [0.15, 0.2) is 49.6 Å². The van der Waals surface area contributed by atoms with Crippen LogP contribution in [0.4, 0.5) is 0 Å². The topological polar surface area (TPSA) is 18.5 Å². The summed E-state index contributed by atoms with van der Waals surface area (Å²) in [5.74, 6) is 1.91. The third kappa shape index (κ3) is 4.44. The van der Waals surface area contributed by atoms with Crippen LogP contribution in [0, 0.1) is 27.7 Å². The minimum atomic E-state index is -0.126. The maximum Gasteiger partial charge on any atom is 0.125 e. The second kappa shape index (κ2) is 8.47. The highest BCUT2D eigenvalue weighted by Crippen LogP contribution is 2.38. The molecule has 0 bridgehead atoms. The number of aryl methyl sites for hydroxylation is 4. The van der Waals surface area contributed by atoms with Crippen LogP contribution in [0.5, 0.6) is 11.5 Å². The van der Waals surface area contributed by atoms with Gasteiger partial charge in [-0.3, -0.25) is 0 Å². The zero-order valence-corrected chi connectivity index (χ0v) is 17.6. The average Bonchev–Trinajstić information content (AvgIpc) is 2.60. The molecule has 0 aliphatic heterocycles. The second-order valence-corrected chi connectivity index (χ2v) is 7.70. The quantitative estimate of drug-likeness (QED) is 0.506. The van der Waals surface area contributed by atoms with Crippen molar-refractivity contribution in [2.75, 3.05) is 13.2 Å². The fraction of sp³-hybridized carbons (Fsp3) is 0.360. The summed E-state index contributed by atoms with van der Waals surface area (Å²) in [5, 5.41) is 0. The van der Waals surface area contributed by atoms with E-state index < -0.39 is 0 Å². The number of benzene rings is 2. The lowest BCUT2D eigenvalue weighted by Gasteiger charge is -2.29. The van der Waals surface area contributed by atoms with Crippen LogP contribution >= 0.6 is 0 Å². The molecule has 2 aromatic rings. The first-order valence-corrected chi connectivity index (χ1v) is 9.43. The van der Waals surface area contributed by atoms with E-state index in [0.29, 0.717) is 13.2 Å². The van der Waals surface area contributed by atoms with Gasteiger partial charge in [-0.15, -0.1) is 0 Å². The Balaban J connectivity index is 2.46. The summed E-state index contributed by atoms with van der Waals surface area (Å²) in [4.78, 5) is 0. The van der Waals surface area contributed by atoms with E-state index in [4.69, 9.17) is 9.47 Å². The van der Waals surface area contributed by atoms with Gasteiger partial charge in [-0.2, -0.15) is 0 Å². The molecule has 0 saturated heterocycles. The highest BCUT2D eigenvalue weighted by molar-refractivity contribution is 5.52. The Labute approximate surface area is 164 Å². The van der Waals surface area contributed by atoms with Crippen LogP contribution in [0.25, 0.3) is 0 Å². The van der Waals surface area contributed by atoms with Crippen LogP contribution in [0.1, 0.15) is 47.2 Å². The van der Waals surface area contributed by atoms with Gasteiger partial charge in [0.15, 0.2) is 0 Å². The maximum atomic E-state index is 5.84. The maximum absolute atomic E-state index is 5.84. The minimum absolute atomic E-state index is 0.126. The van der Waals surface area contributed by atoms with Gasteiger partial charge in [0.1, 0.15) is 24.7 Å². The van der Waals surface area contributed by atoms with Gasteiger partial charge in [-0.1, -0.05) is 63.4 Å². The van der Waals surface area contributed by atoms with Crippen molar-refractivity contribution in [3.8, 4) is 11.5 Å². The molecule has 2 rings (SSSR count). The van der Waals surface area contributed by atoms with Crippen molar-refractivity contribution in [1.82, 2.24) is 0 Å². The highest BCUT2D eigenvalue weighted by atomic mass is 16.5. The lowest BCUT2D eigenvalue weighted by molar-refractivity contribution is 0.357. The summed E-state index contributed by atoms with van der Waals surface area (Å²) < 4.78 is 11.7. The van der Waals surface area contributed by atoms with E-state index in [1.807, 2.05) is 0 Å². The molecule has 0 atom stereocenters. The van der Waals surface area contributed by atoms with E-state index in [2.05, 4.69) is 79.0 Å². The Bertz CT molecular complexity index is 728. The molecule has 2 heteroatoms. The molecular formula is C25H32O2. The molecule has 2 nitrogen and oxygen atoms in total. The average molecular weight is 365 g/mol. The fourth-order valence-electron chi connectivity index (χ4n) is 3.53. The van der Waals surface area contributed by atoms with Crippen molar-refractivity contribution in [3.05, 3.63) is 83.0 Å². The van der Waals surface area contributed by atoms with Crippen LogP contribution in [-0.2, 0) is 5.41 Å². The molecule has 0 saturated carbocycles. The summed E-state index contributed by atoms with van der Waals surface area (Å²) in [7, 11) is 0. The van der Waals surface area contributed by atoms with Crippen LogP contribution in [0.2, 0.25) is 0 Å². The first-order chi connectivity index (χ1) is 12.7. The van der Waals surface area contributed by atoms with Gasteiger partial charge in [0.05, 0.1) is 0 Å². The Kier molecular flexibility index (Phi) is 6.54. The molecule has 0 spiro atoms. The lowest BCUT2D eigenvalue weighted by Crippen LogP contribution is -2.20. The number of hydrogen-bond donors (Lipinski definition) is 0. The van der Waals surface area contributed by atoms with Crippen molar-refractivity contribution < 1.29 is 9.47 Å². The standard InChI is InChI=1S/C25H32O2/c1-9-11-26-23-17(3)13-21(14-18(23)4)25(7,8)22-15-19(5)24(20(6)16-22)27-12-10-2/h9-10,13-16H,1-2,11-12H2,3-8H3. The largest absolute Gasteiger partial charge is 0.489 e. The first-order valence-electron chi connectivity index (χ1n) is 9.43. The molecule has 0 aliphatic carbocycles. The molecule has 0 radical (unpaired) electrons. The van der Waals surface area contributed by atoms with E-state index >= 15 is 0 Å². The molecule has 0 aromatic heterocycles. The third-order valence-corrected chi connectivity index (χ3v) is 5.06. The van der Waals surface area contributed by atoms with Crippen molar-refractivity contribution in [2.24, 2.45) is 0 Å². The lowest BCUT2D eigenvalue weighted by atomic mass is 9.76. The molecule has 0 fully saturated rings. The number of ether oxygens (including phenoxy) is 2. The molecule has 27 heavy (non-hydrogen) atoms. The molecule has 0 heterocycles. The molecule has 0 N–H and O–H groups in total. The van der Waals surface area contributed by atoms with E-state index in [1.165, 1.54) is 11.1 Å². The van der Waals surface area contributed by atoms with Gasteiger partial charge < -0.3 is 9.47 Å².